The summed E-state index contributed by atoms with van der Waals surface area (Å²) >= 11 is 0. The van der Waals surface area contributed by atoms with Gasteiger partial charge in [0.1, 0.15) is 0 Å². The number of aliphatic imine (C=N–C) groups is 1. The minimum atomic E-state index is 0.296. The SMILES string of the molecule is CCCOc1ccc(CN=C(NCC)NCCCOCC2CCCO2)cn1. The predicted octanol–water partition coefficient (Wildman–Crippen LogP) is 2.51. The summed E-state index contributed by atoms with van der Waals surface area (Å²) in [7, 11) is 0. The Morgan fingerprint density at radius 3 is 2.93 bits per heavy atom. The molecule has 1 fully saturated rings. The van der Waals surface area contributed by atoms with Gasteiger partial charge in [0, 0.05) is 38.6 Å². The zero-order valence-corrected chi connectivity index (χ0v) is 16.7. The summed E-state index contributed by atoms with van der Waals surface area (Å²) in [6.45, 7) is 9.36. The number of ether oxygens (including phenoxy) is 3. The van der Waals surface area contributed by atoms with Crippen molar-refractivity contribution in [2.24, 2.45) is 4.99 Å². The van der Waals surface area contributed by atoms with Gasteiger partial charge in [-0.25, -0.2) is 9.98 Å². The zero-order valence-electron chi connectivity index (χ0n) is 16.7. The molecule has 1 saturated heterocycles. The van der Waals surface area contributed by atoms with Crippen LogP contribution in [0.3, 0.4) is 0 Å². The lowest BCUT2D eigenvalue weighted by atomic mass is 10.2. The molecule has 0 saturated carbocycles. The fourth-order valence-corrected chi connectivity index (χ4v) is 2.68. The second-order valence-electron chi connectivity index (χ2n) is 6.54. The molecule has 1 aliphatic heterocycles. The third-order valence-corrected chi connectivity index (χ3v) is 4.10. The van der Waals surface area contributed by atoms with Gasteiger partial charge in [-0.3, -0.25) is 0 Å². The highest BCUT2D eigenvalue weighted by Gasteiger charge is 2.14. The third kappa shape index (κ3) is 9.06. The Hall–Kier alpha value is -1.86. The van der Waals surface area contributed by atoms with Crippen LogP contribution in [0.1, 0.15) is 45.1 Å². The van der Waals surface area contributed by atoms with Gasteiger partial charge in [-0.1, -0.05) is 13.0 Å². The molecule has 1 unspecified atom stereocenters. The maximum atomic E-state index is 5.68. The van der Waals surface area contributed by atoms with Crippen molar-refractivity contribution in [3.63, 3.8) is 0 Å². The average molecular weight is 379 g/mol. The van der Waals surface area contributed by atoms with E-state index in [1.165, 1.54) is 0 Å². The monoisotopic (exact) mass is 378 g/mol. The first kappa shape index (κ1) is 21.4. The van der Waals surface area contributed by atoms with E-state index in [1.807, 2.05) is 18.3 Å². The molecule has 1 aromatic rings. The third-order valence-electron chi connectivity index (χ3n) is 4.10. The van der Waals surface area contributed by atoms with Gasteiger partial charge < -0.3 is 24.8 Å². The standard InChI is InChI=1S/C20H34N4O3/c1-3-11-27-19-9-8-17(14-23-19)15-24-20(21-4-2)22-10-6-12-25-16-18-7-5-13-26-18/h8-9,14,18H,3-7,10-13,15-16H2,1-2H3,(H2,21,22,24). The molecule has 7 heteroatoms. The quantitative estimate of drug-likeness (QED) is 0.331. The van der Waals surface area contributed by atoms with Crippen LogP contribution in [0.2, 0.25) is 0 Å². The van der Waals surface area contributed by atoms with Gasteiger partial charge in [0.15, 0.2) is 5.96 Å². The molecule has 2 rings (SSSR count). The molecule has 0 aliphatic carbocycles. The Bertz CT molecular complexity index is 531. The zero-order chi connectivity index (χ0) is 19.2. The lowest BCUT2D eigenvalue weighted by molar-refractivity contribution is 0.0168. The number of nitrogens with one attached hydrogen (secondary N) is 2. The van der Waals surface area contributed by atoms with Crippen molar-refractivity contribution in [1.82, 2.24) is 15.6 Å². The lowest BCUT2D eigenvalue weighted by Crippen LogP contribution is -2.38. The number of rotatable bonds is 12. The maximum absolute atomic E-state index is 5.68. The molecule has 1 aliphatic rings. The minimum absolute atomic E-state index is 0.296. The summed E-state index contributed by atoms with van der Waals surface area (Å²) in [5.41, 5.74) is 1.05. The van der Waals surface area contributed by atoms with Crippen molar-refractivity contribution in [3.05, 3.63) is 23.9 Å². The van der Waals surface area contributed by atoms with Crippen molar-refractivity contribution >= 4 is 5.96 Å². The van der Waals surface area contributed by atoms with Crippen LogP contribution >= 0.6 is 0 Å². The van der Waals surface area contributed by atoms with E-state index in [-0.39, 0.29) is 0 Å². The smallest absolute Gasteiger partial charge is 0.213 e. The summed E-state index contributed by atoms with van der Waals surface area (Å²) in [4.78, 5) is 8.92. The van der Waals surface area contributed by atoms with Crippen molar-refractivity contribution in [1.29, 1.82) is 0 Å². The van der Waals surface area contributed by atoms with Crippen LogP contribution in [0.25, 0.3) is 0 Å². The molecule has 0 aromatic carbocycles. The Morgan fingerprint density at radius 2 is 2.22 bits per heavy atom. The fourth-order valence-electron chi connectivity index (χ4n) is 2.68. The van der Waals surface area contributed by atoms with E-state index in [0.717, 1.165) is 63.5 Å². The molecule has 0 spiro atoms. The van der Waals surface area contributed by atoms with E-state index in [9.17, 15) is 0 Å². The second kappa shape index (κ2) is 13.3. The number of nitrogens with zero attached hydrogens (tertiary/aromatic N) is 2. The van der Waals surface area contributed by atoms with Crippen LogP contribution in [0, 0.1) is 0 Å². The summed E-state index contributed by atoms with van der Waals surface area (Å²) < 4.78 is 16.7. The summed E-state index contributed by atoms with van der Waals surface area (Å²) in [6, 6.07) is 3.90. The number of pyridine rings is 1. The minimum Gasteiger partial charge on any atom is -0.478 e. The molecule has 2 heterocycles. The van der Waals surface area contributed by atoms with E-state index < -0.39 is 0 Å². The molecule has 2 N–H and O–H groups in total. The molecule has 0 amide bonds. The highest BCUT2D eigenvalue weighted by Crippen LogP contribution is 2.12. The lowest BCUT2D eigenvalue weighted by Gasteiger charge is -2.12. The fraction of sp³-hybridized carbons (Fsp3) is 0.700. The molecule has 0 bridgehead atoms. The van der Waals surface area contributed by atoms with Crippen molar-refractivity contribution in [2.45, 2.75) is 52.2 Å². The first-order valence-corrected chi connectivity index (χ1v) is 10.1. The average Bonchev–Trinajstić information content (AvgIpc) is 3.21. The first-order valence-electron chi connectivity index (χ1n) is 10.1. The predicted molar refractivity (Wildman–Crippen MR) is 107 cm³/mol. The van der Waals surface area contributed by atoms with E-state index >= 15 is 0 Å². The first-order chi connectivity index (χ1) is 13.3. The number of hydrogen-bond donors (Lipinski definition) is 2. The summed E-state index contributed by atoms with van der Waals surface area (Å²) in [5.74, 6) is 1.47. The van der Waals surface area contributed by atoms with Crippen molar-refractivity contribution in [3.8, 4) is 5.88 Å². The molecule has 7 nitrogen and oxygen atoms in total. The number of hydrogen-bond acceptors (Lipinski definition) is 5. The Morgan fingerprint density at radius 1 is 1.30 bits per heavy atom. The number of aromatic nitrogens is 1. The van der Waals surface area contributed by atoms with Crippen molar-refractivity contribution in [2.75, 3.05) is 39.5 Å². The molecular formula is C20H34N4O3. The van der Waals surface area contributed by atoms with E-state index in [2.05, 4.69) is 34.5 Å². The van der Waals surface area contributed by atoms with Crippen LogP contribution in [-0.2, 0) is 16.0 Å². The molecule has 0 radical (unpaired) electrons. The van der Waals surface area contributed by atoms with Crippen LogP contribution in [0.15, 0.2) is 23.3 Å². The van der Waals surface area contributed by atoms with Gasteiger partial charge in [-0.2, -0.15) is 0 Å². The summed E-state index contributed by atoms with van der Waals surface area (Å²) in [6.07, 6.45) is 6.30. The van der Waals surface area contributed by atoms with Gasteiger partial charge in [0.2, 0.25) is 5.88 Å². The van der Waals surface area contributed by atoms with Gasteiger partial charge in [-0.15, -0.1) is 0 Å². The normalized spacial score (nSPS) is 17.1. The van der Waals surface area contributed by atoms with E-state index in [1.54, 1.807) is 0 Å². The van der Waals surface area contributed by atoms with Gasteiger partial charge >= 0.3 is 0 Å². The second-order valence-corrected chi connectivity index (χ2v) is 6.54. The van der Waals surface area contributed by atoms with Crippen LogP contribution in [0.5, 0.6) is 5.88 Å². The molecule has 27 heavy (non-hydrogen) atoms. The highest BCUT2D eigenvalue weighted by molar-refractivity contribution is 5.79. The topological polar surface area (TPSA) is 77.0 Å². The van der Waals surface area contributed by atoms with E-state index in [0.29, 0.717) is 31.7 Å². The van der Waals surface area contributed by atoms with E-state index in [4.69, 9.17) is 14.2 Å². The van der Waals surface area contributed by atoms with Crippen LogP contribution in [0.4, 0.5) is 0 Å². The Labute approximate surface area is 162 Å². The summed E-state index contributed by atoms with van der Waals surface area (Å²) in [5, 5.41) is 6.60. The van der Waals surface area contributed by atoms with Crippen molar-refractivity contribution < 1.29 is 14.2 Å². The molecule has 1 aromatic heterocycles. The maximum Gasteiger partial charge on any atom is 0.213 e. The highest BCUT2D eigenvalue weighted by atomic mass is 16.5. The van der Waals surface area contributed by atoms with Gasteiger partial charge in [-0.05, 0) is 38.2 Å². The largest absolute Gasteiger partial charge is 0.478 e. The number of guanidine groups is 1. The molecule has 152 valence electrons. The Balaban J connectivity index is 1.65. The van der Waals surface area contributed by atoms with Crippen LogP contribution in [-0.4, -0.2) is 56.6 Å². The van der Waals surface area contributed by atoms with Gasteiger partial charge in [0.05, 0.1) is 25.9 Å². The van der Waals surface area contributed by atoms with Crippen LogP contribution < -0.4 is 15.4 Å². The Kier molecular flexibility index (Phi) is 10.6. The molecular weight excluding hydrogens is 344 g/mol. The van der Waals surface area contributed by atoms with Gasteiger partial charge in [0.25, 0.3) is 0 Å². The molecule has 1 atom stereocenters.